The van der Waals surface area contributed by atoms with Crippen LogP contribution in [0.2, 0.25) is 0 Å². The zero-order valence-corrected chi connectivity index (χ0v) is 9.50. The predicted molar refractivity (Wildman–Crippen MR) is 58.1 cm³/mol. The first-order chi connectivity index (χ1) is 7.15. The first-order valence-electron chi connectivity index (χ1n) is 5.03. The van der Waals surface area contributed by atoms with Crippen molar-refractivity contribution in [2.75, 3.05) is 6.54 Å². The van der Waals surface area contributed by atoms with Crippen LogP contribution >= 0.6 is 11.8 Å². The molecule has 0 radical (unpaired) electrons. The Morgan fingerprint density at radius 2 is 2.00 bits per heavy atom. The Labute approximate surface area is 92.3 Å². The third kappa shape index (κ3) is 1.76. The Kier molecular flexibility index (Phi) is 2.98. The number of benzene rings is 1. The molecule has 0 fully saturated rings. The second-order valence-electron chi connectivity index (χ2n) is 3.63. The molecule has 82 valence electrons. The van der Waals surface area contributed by atoms with E-state index in [2.05, 4.69) is 5.32 Å². The van der Waals surface area contributed by atoms with E-state index < -0.39 is 0 Å². The predicted octanol–water partition coefficient (Wildman–Crippen LogP) is 3.11. The van der Waals surface area contributed by atoms with E-state index in [4.69, 9.17) is 0 Å². The second kappa shape index (κ2) is 4.10. The number of thioether (sulfide) groups is 1. The molecule has 1 aliphatic heterocycles. The highest BCUT2D eigenvalue weighted by molar-refractivity contribution is 8.00. The highest BCUT2D eigenvalue weighted by atomic mass is 32.2. The molecule has 2 unspecified atom stereocenters. The molecule has 1 aromatic rings. The van der Waals surface area contributed by atoms with Gasteiger partial charge in [0.2, 0.25) is 0 Å². The van der Waals surface area contributed by atoms with Crippen molar-refractivity contribution >= 4 is 11.8 Å². The van der Waals surface area contributed by atoms with Crippen LogP contribution in [0.4, 0.5) is 8.78 Å². The van der Waals surface area contributed by atoms with Crippen molar-refractivity contribution in [1.82, 2.24) is 5.32 Å². The van der Waals surface area contributed by atoms with Gasteiger partial charge in [-0.1, -0.05) is 13.8 Å². The molecule has 1 aliphatic rings. The lowest BCUT2D eigenvalue weighted by atomic mass is 10.0. The fraction of sp³-hybridized carbons (Fsp3) is 0.455. The fourth-order valence-corrected chi connectivity index (χ4v) is 3.21. The molecule has 0 spiro atoms. The maximum Gasteiger partial charge on any atom is 0.137 e. The van der Waals surface area contributed by atoms with Crippen LogP contribution in [0.25, 0.3) is 0 Å². The summed E-state index contributed by atoms with van der Waals surface area (Å²) in [5.74, 6) is -0.627. The zero-order chi connectivity index (χ0) is 11.0. The molecule has 0 aromatic heterocycles. The van der Waals surface area contributed by atoms with Gasteiger partial charge in [-0.05, 0) is 18.7 Å². The first-order valence-corrected chi connectivity index (χ1v) is 5.91. The number of hydrogen-bond acceptors (Lipinski definition) is 2. The fourth-order valence-electron chi connectivity index (χ4n) is 1.94. The molecule has 0 saturated heterocycles. The summed E-state index contributed by atoms with van der Waals surface area (Å²) in [6.07, 6.45) is 0. The number of halogens is 2. The Bertz CT molecular complexity index is 381. The summed E-state index contributed by atoms with van der Waals surface area (Å²) in [4.78, 5) is 0.466. The summed E-state index contributed by atoms with van der Waals surface area (Å²) in [5.41, 5.74) is 0.495. The standard InChI is InChI=1S/C11H13F2NS/c1-3-14-10-6(2)15-11-8(13)5-4-7(12)9(10)11/h4-6,10,14H,3H2,1-2H3. The van der Waals surface area contributed by atoms with Gasteiger partial charge in [-0.3, -0.25) is 0 Å². The van der Waals surface area contributed by atoms with Crippen molar-refractivity contribution in [2.24, 2.45) is 0 Å². The van der Waals surface area contributed by atoms with Gasteiger partial charge in [0.05, 0.1) is 4.90 Å². The van der Waals surface area contributed by atoms with Crippen LogP contribution < -0.4 is 5.32 Å². The third-order valence-corrected chi connectivity index (χ3v) is 3.90. The van der Waals surface area contributed by atoms with Gasteiger partial charge in [0.25, 0.3) is 0 Å². The molecule has 4 heteroatoms. The average Bonchev–Trinajstić information content (AvgIpc) is 2.53. The molecule has 0 saturated carbocycles. The van der Waals surface area contributed by atoms with Crippen molar-refractivity contribution < 1.29 is 8.78 Å². The summed E-state index contributed by atoms with van der Waals surface area (Å²) < 4.78 is 27.0. The highest BCUT2D eigenvalue weighted by Crippen LogP contribution is 2.46. The summed E-state index contributed by atoms with van der Waals surface area (Å²) in [6, 6.07) is 2.32. The lowest BCUT2D eigenvalue weighted by Gasteiger charge is -2.16. The van der Waals surface area contributed by atoms with Crippen molar-refractivity contribution in [3.8, 4) is 0 Å². The van der Waals surface area contributed by atoms with Crippen LogP contribution in [-0.4, -0.2) is 11.8 Å². The Balaban J connectivity index is 2.47. The van der Waals surface area contributed by atoms with E-state index in [9.17, 15) is 8.78 Å². The summed E-state index contributed by atoms with van der Waals surface area (Å²) in [7, 11) is 0. The first kappa shape index (κ1) is 10.9. The third-order valence-electron chi connectivity index (χ3n) is 2.60. The van der Waals surface area contributed by atoms with Gasteiger partial charge in [-0.2, -0.15) is 0 Å². The maximum absolute atomic E-state index is 13.6. The van der Waals surface area contributed by atoms with Crippen LogP contribution in [0.1, 0.15) is 25.5 Å². The lowest BCUT2D eigenvalue weighted by Crippen LogP contribution is -2.25. The number of rotatable bonds is 2. The van der Waals surface area contributed by atoms with E-state index in [-0.39, 0.29) is 22.9 Å². The normalized spacial score (nSPS) is 24.3. The monoisotopic (exact) mass is 229 g/mol. The Hall–Kier alpha value is -0.610. The van der Waals surface area contributed by atoms with Gasteiger partial charge >= 0.3 is 0 Å². The van der Waals surface area contributed by atoms with Gasteiger partial charge in [-0.25, -0.2) is 8.78 Å². The summed E-state index contributed by atoms with van der Waals surface area (Å²) in [5, 5.41) is 3.36. The lowest BCUT2D eigenvalue weighted by molar-refractivity contribution is 0.499. The maximum atomic E-state index is 13.6. The van der Waals surface area contributed by atoms with Gasteiger partial charge in [0.15, 0.2) is 0 Å². The molecular weight excluding hydrogens is 216 g/mol. The minimum Gasteiger partial charge on any atom is -0.309 e. The van der Waals surface area contributed by atoms with Crippen molar-refractivity contribution in [1.29, 1.82) is 0 Å². The number of fused-ring (bicyclic) bond motifs is 1. The molecule has 1 N–H and O–H groups in total. The largest absolute Gasteiger partial charge is 0.309 e. The van der Waals surface area contributed by atoms with Crippen LogP contribution in [-0.2, 0) is 0 Å². The van der Waals surface area contributed by atoms with Gasteiger partial charge in [-0.15, -0.1) is 11.8 Å². The molecule has 1 nitrogen and oxygen atoms in total. The van der Waals surface area contributed by atoms with Crippen LogP contribution in [0.15, 0.2) is 17.0 Å². The van der Waals surface area contributed by atoms with E-state index in [1.54, 1.807) is 0 Å². The summed E-state index contributed by atoms with van der Waals surface area (Å²) in [6.45, 7) is 4.70. The van der Waals surface area contributed by atoms with Gasteiger partial charge < -0.3 is 5.32 Å². The van der Waals surface area contributed by atoms with Crippen LogP contribution in [0.3, 0.4) is 0 Å². The van der Waals surface area contributed by atoms with Crippen molar-refractivity contribution in [2.45, 2.75) is 30.0 Å². The van der Waals surface area contributed by atoms with E-state index in [0.717, 1.165) is 6.54 Å². The van der Waals surface area contributed by atoms with E-state index in [0.29, 0.717) is 10.5 Å². The molecule has 1 heterocycles. The van der Waals surface area contributed by atoms with Crippen LogP contribution in [0, 0.1) is 11.6 Å². The smallest absolute Gasteiger partial charge is 0.137 e. The molecule has 0 bridgehead atoms. The minimum absolute atomic E-state index is 0.0781. The van der Waals surface area contributed by atoms with E-state index in [1.165, 1.54) is 23.9 Å². The summed E-state index contributed by atoms with van der Waals surface area (Å²) >= 11 is 1.40. The Morgan fingerprint density at radius 1 is 1.33 bits per heavy atom. The minimum atomic E-state index is -0.316. The van der Waals surface area contributed by atoms with Gasteiger partial charge in [0.1, 0.15) is 11.6 Å². The van der Waals surface area contributed by atoms with Crippen molar-refractivity contribution in [3.05, 3.63) is 29.3 Å². The molecule has 1 aromatic carbocycles. The molecule has 0 aliphatic carbocycles. The molecular formula is C11H13F2NS. The topological polar surface area (TPSA) is 12.0 Å². The number of nitrogens with one attached hydrogen (secondary N) is 1. The zero-order valence-electron chi connectivity index (χ0n) is 8.68. The second-order valence-corrected chi connectivity index (χ2v) is 5.02. The van der Waals surface area contributed by atoms with Crippen LogP contribution in [0.5, 0.6) is 0 Å². The molecule has 2 rings (SSSR count). The molecule has 15 heavy (non-hydrogen) atoms. The Morgan fingerprint density at radius 3 is 2.67 bits per heavy atom. The molecule has 0 amide bonds. The van der Waals surface area contributed by atoms with E-state index >= 15 is 0 Å². The average molecular weight is 229 g/mol. The SMILES string of the molecule is CCNC1c2c(F)ccc(F)c2SC1C. The van der Waals surface area contributed by atoms with E-state index in [1.807, 2.05) is 13.8 Å². The highest BCUT2D eigenvalue weighted by Gasteiger charge is 2.34. The quantitative estimate of drug-likeness (QED) is 0.836. The van der Waals surface area contributed by atoms with Crippen molar-refractivity contribution in [3.63, 3.8) is 0 Å². The van der Waals surface area contributed by atoms with Gasteiger partial charge in [0, 0.05) is 16.9 Å². The molecule has 2 atom stereocenters. The number of hydrogen-bond donors (Lipinski definition) is 1.